The molecule has 2 heterocycles. The van der Waals surface area contributed by atoms with E-state index in [4.69, 9.17) is 9.47 Å². The predicted molar refractivity (Wildman–Crippen MR) is 101 cm³/mol. The summed E-state index contributed by atoms with van der Waals surface area (Å²) in [6.45, 7) is 2.95. The summed E-state index contributed by atoms with van der Waals surface area (Å²) in [7, 11) is 0. The standard InChI is InChI=1S/C20H26N4O3/c25-20(21-11-16-14-26-9-10-27-16)23-18-7-4-8-19-17(18)12-22-24(19)13-15-5-2-1-3-6-15/h1-3,5-6,12,16,18H,4,7-11,13-14H2,(H2,21,23,25). The smallest absolute Gasteiger partial charge is 0.315 e. The van der Waals surface area contributed by atoms with Crippen molar-refractivity contribution in [1.29, 1.82) is 0 Å². The molecular weight excluding hydrogens is 344 g/mol. The lowest BCUT2D eigenvalue weighted by molar-refractivity contribution is -0.0853. The lowest BCUT2D eigenvalue weighted by Gasteiger charge is -2.26. The van der Waals surface area contributed by atoms with Crippen molar-refractivity contribution in [1.82, 2.24) is 20.4 Å². The molecular formula is C20H26N4O3. The van der Waals surface area contributed by atoms with Gasteiger partial charge in [0.25, 0.3) is 0 Å². The second kappa shape index (κ2) is 8.54. The van der Waals surface area contributed by atoms with Crippen LogP contribution in [0.4, 0.5) is 4.79 Å². The Morgan fingerprint density at radius 2 is 2.15 bits per heavy atom. The Balaban J connectivity index is 1.36. The van der Waals surface area contributed by atoms with E-state index in [1.165, 1.54) is 11.3 Å². The first-order chi connectivity index (χ1) is 13.3. The third-order valence-electron chi connectivity index (χ3n) is 5.12. The van der Waals surface area contributed by atoms with Crippen LogP contribution >= 0.6 is 0 Å². The molecule has 4 rings (SSSR count). The molecule has 1 aromatic heterocycles. The fraction of sp³-hybridized carbons (Fsp3) is 0.500. The molecule has 1 aliphatic heterocycles. The molecule has 1 fully saturated rings. The molecule has 2 aliphatic rings. The predicted octanol–water partition coefficient (Wildman–Crippen LogP) is 2.02. The Labute approximate surface area is 159 Å². The first kappa shape index (κ1) is 18.0. The van der Waals surface area contributed by atoms with Crippen molar-refractivity contribution >= 4 is 6.03 Å². The highest BCUT2D eigenvalue weighted by Gasteiger charge is 2.26. The Morgan fingerprint density at radius 3 is 2.96 bits per heavy atom. The van der Waals surface area contributed by atoms with E-state index in [0.717, 1.165) is 31.4 Å². The fourth-order valence-electron chi connectivity index (χ4n) is 3.73. The monoisotopic (exact) mass is 370 g/mol. The normalized spacial score (nSPS) is 22.1. The van der Waals surface area contributed by atoms with E-state index >= 15 is 0 Å². The van der Waals surface area contributed by atoms with E-state index in [-0.39, 0.29) is 18.2 Å². The van der Waals surface area contributed by atoms with Crippen LogP contribution in [0, 0.1) is 0 Å². The molecule has 27 heavy (non-hydrogen) atoms. The van der Waals surface area contributed by atoms with Crippen LogP contribution < -0.4 is 10.6 Å². The molecule has 2 amide bonds. The molecule has 1 aliphatic carbocycles. The zero-order valence-corrected chi connectivity index (χ0v) is 15.4. The van der Waals surface area contributed by atoms with E-state index in [0.29, 0.717) is 26.4 Å². The lowest BCUT2D eigenvalue weighted by atomic mass is 9.93. The molecule has 2 unspecified atom stereocenters. The van der Waals surface area contributed by atoms with Gasteiger partial charge >= 0.3 is 6.03 Å². The van der Waals surface area contributed by atoms with Gasteiger partial charge < -0.3 is 20.1 Å². The van der Waals surface area contributed by atoms with Crippen LogP contribution in [0.25, 0.3) is 0 Å². The molecule has 0 radical (unpaired) electrons. The molecule has 2 atom stereocenters. The maximum atomic E-state index is 12.3. The van der Waals surface area contributed by atoms with Crippen LogP contribution in [0.3, 0.4) is 0 Å². The van der Waals surface area contributed by atoms with Crippen molar-refractivity contribution in [2.24, 2.45) is 0 Å². The topological polar surface area (TPSA) is 77.4 Å². The third kappa shape index (κ3) is 4.48. The molecule has 2 aromatic rings. The van der Waals surface area contributed by atoms with Gasteiger partial charge in [-0.2, -0.15) is 5.10 Å². The number of carbonyl (C=O) groups is 1. The largest absolute Gasteiger partial charge is 0.376 e. The Bertz CT molecular complexity index is 756. The molecule has 7 nitrogen and oxygen atoms in total. The van der Waals surface area contributed by atoms with Crippen molar-refractivity contribution in [3.63, 3.8) is 0 Å². The first-order valence-corrected chi connectivity index (χ1v) is 9.62. The van der Waals surface area contributed by atoms with Gasteiger partial charge in [-0.15, -0.1) is 0 Å². The second-order valence-electron chi connectivity index (χ2n) is 7.06. The number of fused-ring (bicyclic) bond motifs is 1. The van der Waals surface area contributed by atoms with Crippen molar-refractivity contribution in [3.8, 4) is 0 Å². The molecule has 0 bridgehead atoms. The van der Waals surface area contributed by atoms with Crippen LogP contribution in [0.15, 0.2) is 36.5 Å². The summed E-state index contributed by atoms with van der Waals surface area (Å²) in [4.78, 5) is 12.3. The summed E-state index contributed by atoms with van der Waals surface area (Å²) < 4.78 is 13.0. The minimum atomic E-state index is -0.169. The minimum Gasteiger partial charge on any atom is -0.376 e. The highest BCUT2D eigenvalue weighted by molar-refractivity contribution is 5.74. The molecule has 2 N–H and O–H groups in total. The number of amides is 2. The SMILES string of the molecule is O=C(NCC1COCCO1)NC1CCCc2c1cnn2Cc1ccccc1. The number of aromatic nitrogens is 2. The van der Waals surface area contributed by atoms with Crippen LogP contribution in [0.1, 0.15) is 35.7 Å². The van der Waals surface area contributed by atoms with Gasteiger partial charge in [-0.1, -0.05) is 30.3 Å². The number of urea groups is 1. The quantitative estimate of drug-likeness (QED) is 0.844. The zero-order valence-electron chi connectivity index (χ0n) is 15.4. The number of nitrogens with zero attached hydrogens (tertiary/aromatic N) is 2. The van der Waals surface area contributed by atoms with Gasteiger partial charge in [0.2, 0.25) is 0 Å². The van der Waals surface area contributed by atoms with Gasteiger partial charge in [0.05, 0.1) is 44.7 Å². The zero-order chi connectivity index (χ0) is 18.5. The van der Waals surface area contributed by atoms with Crippen LogP contribution in [-0.2, 0) is 22.4 Å². The average Bonchev–Trinajstić information content (AvgIpc) is 3.12. The average molecular weight is 370 g/mol. The van der Waals surface area contributed by atoms with Crippen molar-refractivity contribution in [2.75, 3.05) is 26.4 Å². The highest BCUT2D eigenvalue weighted by atomic mass is 16.6. The van der Waals surface area contributed by atoms with E-state index in [1.54, 1.807) is 0 Å². The molecule has 0 saturated carbocycles. The van der Waals surface area contributed by atoms with Gasteiger partial charge in [0.1, 0.15) is 0 Å². The van der Waals surface area contributed by atoms with Crippen LogP contribution in [-0.4, -0.2) is 48.3 Å². The first-order valence-electron chi connectivity index (χ1n) is 9.62. The van der Waals surface area contributed by atoms with Crippen molar-refractivity contribution < 1.29 is 14.3 Å². The highest BCUT2D eigenvalue weighted by Crippen LogP contribution is 2.29. The van der Waals surface area contributed by atoms with Gasteiger partial charge in [-0.3, -0.25) is 4.68 Å². The minimum absolute atomic E-state index is 0.00166. The van der Waals surface area contributed by atoms with E-state index in [1.807, 2.05) is 24.4 Å². The lowest BCUT2D eigenvalue weighted by Crippen LogP contribution is -2.45. The molecule has 7 heteroatoms. The van der Waals surface area contributed by atoms with Gasteiger partial charge in [-0.25, -0.2) is 4.79 Å². The number of ether oxygens (including phenoxy) is 2. The fourth-order valence-corrected chi connectivity index (χ4v) is 3.73. The number of hydrogen-bond acceptors (Lipinski definition) is 4. The molecule has 1 aromatic carbocycles. The Hall–Kier alpha value is -2.38. The van der Waals surface area contributed by atoms with Crippen molar-refractivity contribution in [3.05, 3.63) is 53.3 Å². The van der Waals surface area contributed by atoms with Crippen LogP contribution in [0.2, 0.25) is 0 Å². The van der Waals surface area contributed by atoms with E-state index in [2.05, 4.69) is 32.5 Å². The molecule has 144 valence electrons. The summed E-state index contributed by atoms with van der Waals surface area (Å²) >= 11 is 0. The number of nitrogens with one attached hydrogen (secondary N) is 2. The summed E-state index contributed by atoms with van der Waals surface area (Å²) in [5, 5.41) is 10.6. The number of rotatable bonds is 5. The second-order valence-corrected chi connectivity index (χ2v) is 7.06. The maximum Gasteiger partial charge on any atom is 0.315 e. The summed E-state index contributed by atoms with van der Waals surface area (Å²) in [5.41, 5.74) is 3.58. The van der Waals surface area contributed by atoms with E-state index < -0.39 is 0 Å². The molecule has 1 saturated heterocycles. The van der Waals surface area contributed by atoms with Crippen LogP contribution in [0.5, 0.6) is 0 Å². The van der Waals surface area contributed by atoms with Gasteiger partial charge in [0.15, 0.2) is 0 Å². The Kier molecular flexibility index (Phi) is 5.69. The summed E-state index contributed by atoms with van der Waals surface area (Å²) in [5.74, 6) is 0. The number of carbonyl (C=O) groups excluding carboxylic acids is 1. The molecule has 0 spiro atoms. The number of benzene rings is 1. The summed E-state index contributed by atoms with van der Waals surface area (Å²) in [6.07, 6.45) is 4.80. The third-order valence-corrected chi connectivity index (χ3v) is 5.12. The number of hydrogen-bond donors (Lipinski definition) is 2. The van der Waals surface area contributed by atoms with Gasteiger partial charge in [-0.05, 0) is 24.8 Å². The van der Waals surface area contributed by atoms with E-state index in [9.17, 15) is 4.79 Å². The van der Waals surface area contributed by atoms with Gasteiger partial charge in [0, 0.05) is 17.8 Å². The Morgan fingerprint density at radius 1 is 1.26 bits per heavy atom. The maximum absolute atomic E-state index is 12.3. The summed E-state index contributed by atoms with van der Waals surface area (Å²) in [6, 6.07) is 10.2. The van der Waals surface area contributed by atoms with Crippen molar-refractivity contribution in [2.45, 2.75) is 38.0 Å².